The number of ether oxygens (including phenoxy) is 1. The van der Waals surface area contributed by atoms with Gasteiger partial charge in [-0.15, -0.1) is 11.8 Å². The van der Waals surface area contributed by atoms with E-state index in [0.29, 0.717) is 0 Å². The lowest BCUT2D eigenvalue weighted by atomic mass is 10.2. The summed E-state index contributed by atoms with van der Waals surface area (Å²) in [4.78, 5) is 1.36. The van der Waals surface area contributed by atoms with Gasteiger partial charge in [0.1, 0.15) is 0 Å². The lowest BCUT2D eigenvalue weighted by Gasteiger charge is -2.19. The van der Waals surface area contributed by atoms with Crippen molar-refractivity contribution in [2.24, 2.45) is 0 Å². The van der Waals surface area contributed by atoms with Crippen molar-refractivity contribution in [2.45, 2.75) is 45.1 Å². The molecule has 0 amide bonds. The number of thioether (sulfide) groups is 1. The van der Waals surface area contributed by atoms with Crippen molar-refractivity contribution in [3.63, 3.8) is 0 Å². The van der Waals surface area contributed by atoms with Crippen LogP contribution in [0.5, 0.6) is 0 Å². The second kappa shape index (κ2) is 7.01. The Bertz CT molecular complexity index is 402. The maximum absolute atomic E-state index is 5.74. The summed E-state index contributed by atoms with van der Waals surface area (Å²) in [5.74, 6) is 1.00. The summed E-state index contributed by atoms with van der Waals surface area (Å²) in [7, 11) is 0. The number of aryl methyl sites for hydroxylation is 1. The molecule has 100 valence electrons. The predicted molar refractivity (Wildman–Crippen MR) is 81.4 cm³/mol. The highest BCUT2D eigenvalue weighted by atomic mass is 32.2. The molecule has 0 radical (unpaired) electrons. The van der Waals surface area contributed by atoms with Crippen LogP contribution in [-0.2, 0) is 4.74 Å². The van der Waals surface area contributed by atoms with E-state index in [1.54, 1.807) is 0 Å². The molecule has 18 heavy (non-hydrogen) atoms. The van der Waals surface area contributed by atoms with Crippen LogP contribution in [0.3, 0.4) is 0 Å². The molecule has 0 bridgehead atoms. The summed E-state index contributed by atoms with van der Waals surface area (Å²) in [5, 5.41) is 0. The molecule has 0 unspecified atom stereocenters. The Morgan fingerprint density at radius 3 is 2.56 bits per heavy atom. The lowest BCUT2D eigenvalue weighted by Crippen LogP contribution is -2.20. The monoisotopic (exact) mass is 264 g/mol. The van der Waals surface area contributed by atoms with Crippen molar-refractivity contribution < 1.29 is 4.74 Å². The van der Waals surface area contributed by atoms with Crippen molar-refractivity contribution in [1.29, 1.82) is 0 Å². The molecule has 1 nitrogen and oxygen atoms in total. The molecule has 0 saturated carbocycles. The molecule has 0 heterocycles. The van der Waals surface area contributed by atoms with E-state index in [0.717, 1.165) is 12.4 Å². The van der Waals surface area contributed by atoms with Crippen LogP contribution in [0.1, 0.15) is 33.3 Å². The van der Waals surface area contributed by atoms with Gasteiger partial charge in [0, 0.05) is 10.6 Å². The average Bonchev–Trinajstić information content (AvgIpc) is 2.28. The second-order valence-electron chi connectivity index (χ2n) is 5.53. The topological polar surface area (TPSA) is 9.23 Å². The molecule has 0 atom stereocenters. The molecule has 2 heteroatoms. The molecular weight excluding hydrogens is 240 g/mol. The Balaban J connectivity index is 2.38. The molecule has 0 aliphatic heterocycles. The van der Waals surface area contributed by atoms with E-state index in [2.05, 4.69) is 65.0 Å². The molecule has 0 spiro atoms. The van der Waals surface area contributed by atoms with Gasteiger partial charge in [-0.25, -0.2) is 0 Å². The van der Waals surface area contributed by atoms with Gasteiger partial charge in [0.05, 0.1) is 12.2 Å². The van der Waals surface area contributed by atoms with Crippen molar-refractivity contribution in [3.8, 4) is 0 Å². The van der Waals surface area contributed by atoms with Crippen LogP contribution in [0.15, 0.2) is 40.8 Å². The third kappa shape index (κ3) is 6.27. The Labute approximate surface area is 116 Å². The fraction of sp³-hybridized carbons (Fsp3) is 0.500. The summed E-state index contributed by atoms with van der Waals surface area (Å²) in [6.07, 6.45) is 2.25. The number of hydrogen-bond donors (Lipinski definition) is 0. The van der Waals surface area contributed by atoms with Crippen molar-refractivity contribution in [2.75, 3.05) is 12.4 Å². The van der Waals surface area contributed by atoms with Gasteiger partial charge < -0.3 is 4.74 Å². The highest BCUT2D eigenvalue weighted by Crippen LogP contribution is 2.22. The van der Waals surface area contributed by atoms with Crippen molar-refractivity contribution in [3.05, 3.63) is 41.5 Å². The van der Waals surface area contributed by atoms with Gasteiger partial charge in [0.15, 0.2) is 0 Å². The van der Waals surface area contributed by atoms with Crippen LogP contribution in [0.25, 0.3) is 0 Å². The third-order valence-corrected chi connectivity index (χ3v) is 3.60. The van der Waals surface area contributed by atoms with Crippen molar-refractivity contribution in [1.82, 2.24) is 0 Å². The fourth-order valence-electron chi connectivity index (χ4n) is 1.38. The largest absolute Gasteiger partial charge is 0.372 e. The summed E-state index contributed by atoms with van der Waals surface area (Å²) in [6, 6.07) is 8.50. The predicted octanol–water partition coefficient (Wildman–Crippen LogP) is 4.85. The molecule has 0 saturated heterocycles. The van der Waals surface area contributed by atoms with Gasteiger partial charge in [-0.05, 0) is 46.2 Å². The van der Waals surface area contributed by atoms with Gasteiger partial charge >= 0.3 is 0 Å². The minimum atomic E-state index is -0.0573. The van der Waals surface area contributed by atoms with Gasteiger partial charge in [0.25, 0.3) is 0 Å². The van der Waals surface area contributed by atoms with Crippen molar-refractivity contribution >= 4 is 11.8 Å². The van der Waals surface area contributed by atoms with E-state index < -0.39 is 0 Å². The zero-order valence-corrected chi connectivity index (χ0v) is 12.9. The first-order chi connectivity index (χ1) is 8.38. The normalized spacial score (nSPS) is 12.8. The Morgan fingerprint density at radius 2 is 1.94 bits per heavy atom. The Hall–Kier alpha value is -0.730. The van der Waals surface area contributed by atoms with Crippen LogP contribution < -0.4 is 0 Å². The molecule has 0 aliphatic carbocycles. The van der Waals surface area contributed by atoms with E-state index in [4.69, 9.17) is 4.74 Å². The van der Waals surface area contributed by atoms with E-state index in [1.165, 1.54) is 16.0 Å². The summed E-state index contributed by atoms with van der Waals surface area (Å²) >= 11 is 1.88. The minimum absolute atomic E-state index is 0.0573. The smallest absolute Gasteiger partial charge is 0.0681 e. The average molecular weight is 264 g/mol. The molecule has 0 aliphatic rings. The van der Waals surface area contributed by atoms with Gasteiger partial charge in [0.2, 0.25) is 0 Å². The second-order valence-corrected chi connectivity index (χ2v) is 6.59. The van der Waals surface area contributed by atoms with Gasteiger partial charge in [-0.2, -0.15) is 0 Å². The molecule has 0 fully saturated rings. The van der Waals surface area contributed by atoms with E-state index in [-0.39, 0.29) is 5.60 Å². The molecule has 1 rings (SSSR count). The summed E-state index contributed by atoms with van der Waals surface area (Å²) < 4.78 is 5.74. The fourth-order valence-corrected chi connectivity index (χ4v) is 2.40. The summed E-state index contributed by atoms with van der Waals surface area (Å²) in [5.41, 5.74) is 2.59. The Kier molecular flexibility index (Phi) is 5.97. The van der Waals surface area contributed by atoms with Gasteiger partial charge in [-0.3, -0.25) is 0 Å². The number of benzene rings is 1. The molecular formula is C16H24OS. The molecule has 0 aromatic heterocycles. The van der Waals surface area contributed by atoms with E-state index in [1.807, 2.05) is 11.8 Å². The number of rotatable bonds is 5. The molecule has 1 aromatic rings. The third-order valence-electron chi connectivity index (χ3n) is 2.50. The van der Waals surface area contributed by atoms with E-state index >= 15 is 0 Å². The zero-order chi connectivity index (χ0) is 13.6. The zero-order valence-electron chi connectivity index (χ0n) is 12.1. The van der Waals surface area contributed by atoms with Gasteiger partial charge in [-0.1, -0.05) is 29.8 Å². The first kappa shape index (κ1) is 15.3. The maximum Gasteiger partial charge on any atom is 0.0681 e. The van der Waals surface area contributed by atoms with E-state index in [9.17, 15) is 0 Å². The maximum atomic E-state index is 5.74. The Morgan fingerprint density at radius 1 is 1.28 bits per heavy atom. The first-order valence-corrected chi connectivity index (χ1v) is 7.35. The lowest BCUT2D eigenvalue weighted by molar-refractivity contribution is 0.0111. The van der Waals surface area contributed by atoms with Crippen LogP contribution in [-0.4, -0.2) is 18.0 Å². The van der Waals surface area contributed by atoms with Crippen LogP contribution in [0.4, 0.5) is 0 Å². The SMILES string of the molecule is C/C(=C\CSc1ccccc1C)COC(C)(C)C. The van der Waals surface area contributed by atoms with Crippen LogP contribution in [0.2, 0.25) is 0 Å². The summed E-state index contributed by atoms with van der Waals surface area (Å²) in [6.45, 7) is 11.3. The minimum Gasteiger partial charge on any atom is -0.372 e. The quantitative estimate of drug-likeness (QED) is 0.555. The molecule has 1 aromatic carbocycles. The van der Waals surface area contributed by atoms with Crippen LogP contribution >= 0.6 is 11.8 Å². The highest BCUT2D eigenvalue weighted by Gasteiger charge is 2.09. The van der Waals surface area contributed by atoms with Crippen LogP contribution in [0, 0.1) is 6.92 Å². The molecule has 0 N–H and O–H groups in total. The standard InChI is InChI=1S/C16H24OS/c1-13(12-17-16(3,4)5)10-11-18-15-9-7-6-8-14(15)2/h6-10H,11-12H2,1-5H3/b13-10+. The highest BCUT2D eigenvalue weighted by molar-refractivity contribution is 7.99. The first-order valence-electron chi connectivity index (χ1n) is 6.36. The number of hydrogen-bond acceptors (Lipinski definition) is 2.